The Hall–Kier alpha value is -3.58. The average molecular weight is 474 g/mol. The first-order chi connectivity index (χ1) is 16.4. The van der Waals surface area contributed by atoms with Gasteiger partial charge in [-0.15, -0.1) is 0 Å². The van der Waals surface area contributed by atoms with Crippen LogP contribution in [0, 0.1) is 13.8 Å². The summed E-state index contributed by atoms with van der Waals surface area (Å²) in [7, 11) is 1.62. The van der Waals surface area contributed by atoms with Gasteiger partial charge in [0.2, 0.25) is 11.8 Å². The molecular weight excluding hydrogens is 446 g/mol. The number of aliphatic imine (C=N–C) groups is 1. The normalized spacial score (nSPS) is 16.7. The summed E-state index contributed by atoms with van der Waals surface area (Å²) < 4.78 is 5.23. The van der Waals surface area contributed by atoms with Crippen molar-refractivity contribution in [3.63, 3.8) is 0 Å². The third kappa shape index (κ3) is 5.66. The number of anilines is 1. The van der Waals surface area contributed by atoms with Crippen molar-refractivity contribution in [1.29, 1.82) is 0 Å². The van der Waals surface area contributed by atoms with E-state index in [0.29, 0.717) is 11.7 Å². The first-order valence-electron chi connectivity index (χ1n) is 11.0. The van der Waals surface area contributed by atoms with Gasteiger partial charge in [-0.2, -0.15) is 0 Å². The van der Waals surface area contributed by atoms with Crippen molar-refractivity contribution in [1.82, 2.24) is 4.90 Å². The lowest BCUT2D eigenvalue weighted by atomic mass is 10.1. The number of carbonyl (C=O) groups excluding carboxylic acids is 2. The molecule has 1 N–H and O–H groups in total. The van der Waals surface area contributed by atoms with Crippen LogP contribution in [-0.4, -0.2) is 34.2 Å². The van der Waals surface area contributed by atoms with Crippen LogP contribution < -0.4 is 10.1 Å². The summed E-state index contributed by atoms with van der Waals surface area (Å²) in [6.07, 6.45) is 0.0732. The van der Waals surface area contributed by atoms with Crippen LogP contribution >= 0.6 is 11.8 Å². The minimum atomic E-state index is -0.536. The van der Waals surface area contributed by atoms with E-state index in [1.165, 1.54) is 11.8 Å². The number of carbonyl (C=O) groups is 2. The second kappa shape index (κ2) is 10.6. The summed E-state index contributed by atoms with van der Waals surface area (Å²) in [6, 6.07) is 23.0. The molecule has 0 aromatic heterocycles. The number of thioether (sulfide) groups is 1. The van der Waals surface area contributed by atoms with E-state index in [0.717, 1.165) is 33.8 Å². The minimum Gasteiger partial charge on any atom is -0.497 e. The first kappa shape index (κ1) is 23.6. The molecule has 0 aliphatic carbocycles. The number of rotatable bonds is 7. The van der Waals surface area contributed by atoms with E-state index < -0.39 is 5.25 Å². The van der Waals surface area contributed by atoms with Crippen molar-refractivity contribution in [2.24, 2.45) is 4.99 Å². The molecule has 1 atom stereocenters. The highest BCUT2D eigenvalue weighted by molar-refractivity contribution is 8.15. The molecule has 1 fully saturated rings. The molecule has 0 saturated carbocycles. The van der Waals surface area contributed by atoms with Gasteiger partial charge >= 0.3 is 0 Å². The van der Waals surface area contributed by atoms with Crippen LogP contribution in [0.4, 0.5) is 11.4 Å². The summed E-state index contributed by atoms with van der Waals surface area (Å²) in [5.74, 6) is 0.444. The van der Waals surface area contributed by atoms with E-state index in [-0.39, 0.29) is 18.2 Å². The number of nitrogens with zero attached hydrogens (tertiary/aromatic N) is 2. The predicted molar refractivity (Wildman–Crippen MR) is 138 cm³/mol. The number of hydrogen-bond acceptors (Lipinski definition) is 5. The monoisotopic (exact) mass is 473 g/mol. The lowest BCUT2D eigenvalue weighted by molar-refractivity contribution is -0.128. The summed E-state index contributed by atoms with van der Waals surface area (Å²) in [5, 5.41) is 3.01. The first-order valence-corrected chi connectivity index (χ1v) is 11.9. The molecule has 0 bridgehead atoms. The van der Waals surface area contributed by atoms with Crippen molar-refractivity contribution in [2.75, 3.05) is 12.4 Å². The Balaban J connectivity index is 1.53. The zero-order valence-corrected chi connectivity index (χ0v) is 20.3. The average Bonchev–Trinajstić information content (AvgIpc) is 3.10. The van der Waals surface area contributed by atoms with Gasteiger partial charge < -0.3 is 10.1 Å². The molecule has 3 aromatic rings. The fourth-order valence-electron chi connectivity index (χ4n) is 3.72. The summed E-state index contributed by atoms with van der Waals surface area (Å²) in [5.41, 5.74) is 4.60. The molecule has 1 aliphatic rings. The summed E-state index contributed by atoms with van der Waals surface area (Å²) >= 11 is 1.34. The molecule has 2 amide bonds. The van der Waals surface area contributed by atoms with Gasteiger partial charge in [0.25, 0.3) is 0 Å². The Kier molecular flexibility index (Phi) is 7.33. The van der Waals surface area contributed by atoms with E-state index >= 15 is 0 Å². The molecule has 4 rings (SSSR count). The highest BCUT2D eigenvalue weighted by Crippen LogP contribution is 2.33. The van der Waals surface area contributed by atoms with Crippen LogP contribution in [0.1, 0.15) is 23.1 Å². The molecule has 1 saturated heterocycles. The molecule has 1 heterocycles. The summed E-state index contributed by atoms with van der Waals surface area (Å²) in [6.45, 7) is 4.34. The Morgan fingerprint density at radius 1 is 1.06 bits per heavy atom. The molecule has 1 aliphatic heterocycles. The van der Waals surface area contributed by atoms with Gasteiger partial charge in [0.05, 0.1) is 19.3 Å². The van der Waals surface area contributed by atoms with E-state index in [1.807, 2.05) is 86.6 Å². The van der Waals surface area contributed by atoms with Gasteiger partial charge in [0.1, 0.15) is 11.0 Å². The molecule has 1 unspecified atom stereocenters. The fraction of sp³-hybridized carbons (Fsp3) is 0.222. The van der Waals surface area contributed by atoms with E-state index in [1.54, 1.807) is 12.0 Å². The number of nitrogens with one attached hydrogen (secondary N) is 1. The molecule has 174 valence electrons. The molecule has 7 heteroatoms. The third-order valence-electron chi connectivity index (χ3n) is 5.53. The standard InChI is InChI=1S/C27H27N3O3S/c1-18-9-14-23(19(2)15-18)29-25(31)16-24-26(32)30(17-20-10-12-22(33-3)13-11-20)27(34-24)28-21-7-5-4-6-8-21/h4-15,24H,16-17H2,1-3H3,(H,29,31). The maximum Gasteiger partial charge on any atom is 0.242 e. The molecule has 34 heavy (non-hydrogen) atoms. The van der Waals surface area contributed by atoms with Crippen LogP contribution in [0.3, 0.4) is 0 Å². The van der Waals surface area contributed by atoms with Gasteiger partial charge in [0.15, 0.2) is 5.17 Å². The van der Waals surface area contributed by atoms with Crippen LogP contribution in [0.25, 0.3) is 0 Å². The van der Waals surface area contributed by atoms with Gasteiger partial charge in [-0.25, -0.2) is 4.99 Å². The molecule has 6 nitrogen and oxygen atoms in total. The topological polar surface area (TPSA) is 71.0 Å². The van der Waals surface area contributed by atoms with E-state index in [2.05, 4.69) is 5.32 Å². The summed E-state index contributed by atoms with van der Waals surface area (Å²) in [4.78, 5) is 32.5. The minimum absolute atomic E-state index is 0.0732. The van der Waals surface area contributed by atoms with Crippen molar-refractivity contribution in [3.8, 4) is 5.75 Å². The van der Waals surface area contributed by atoms with Crippen molar-refractivity contribution < 1.29 is 14.3 Å². The van der Waals surface area contributed by atoms with E-state index in [4.69, 9.17) is 9.73 Å². The van der Waals surface area contributed by atoms with Crippen LogP contribution in [0.5, 0.6) is 5.75 Å². The Morgan fingerprint density at radius 3 is 2.47 bits per heavy atom. The van der Waals surface area contributed by atoms with Crippen LogP contribution in [0.2, 0.25) is 0 Å². The number of amides is 2. The highest BCUT2D eigenvalue weighted by Gasteiger charge is 2.39. The highest BCUT2D eigenvalue weighted by atomic mass is 32.2. The maximum atomic E-state index is 13.4. The van der Waals surface area contributed by atoms with Gasteiger partial charge in [-0.05, 0) is 55.3 Å². The van der Waals surface area contributed by atoms with E-state index in [9.17, 15) is 9.59 Å². The van der Waals surface area contributed by atoms with Gasteiger partial charge in [-0.1, -0.05) is 59.8 Å². The van der Waals surface area contributed by atoms with Crippen molar-refractivity contribution >= 4 is 40.1 Å². The lowest BCUT2D eigenvalue weighted by Crippen LogP contribution is -2.33. The van der Waals surface area contributed by atoms with Crippen molar-refractivity contribution in [3.05, 3.63) is 89.5 Å². The van der Waals surface area contributed by atoms with Crippen molar-refractivity contribution in [2.45, 2.75) is 32.1 Å². The SMILES string of the molecule is COc1ccc(CN2C(=O)C(CC(=O)Nc3ccc(C)cc3C)SC2=Nc2ccccc2)cc1. The zero-order chi connectivity index (χ0) is 24.1. The third-order valence-corrected chi connectivity index (χ3v) is 6.70. The number of para-hydroxylation sites is 1. The fourth-order valence-corrected chi connectivity index (χ4v) is 4.88. The number of ether oxygens (including phenoxy) is 1. The second-order valence-corrected chi connectivity index (χ2v) is 9.35. The molecule has 3 aromatic carbocycles. The molecule has 0 spiro atoms. The van der Waals surface area contributed by atoms with Gasteiger partial charge in [0, 0.05) is 12.1 Å². The number of methoxy groups -OCH3 is 1. The largest absolute Gasteiger partial charge is 0.497 e. The Labute approximate surface area is 204 Å². The van der Waals surface area contributed by atoms with Crippen LogP contribution in [-0.2, 0) is 16.1 Å². The maximum absolute atomic E-state index is 13.4. The number of benzene rings is 3. The Morgan fingerprint density at radius 2 is 1.79 bits per heavy atom. The van der Waals surface area contributed by atoms with Gasteiger partial charge in [-0.3, -0.25) is 14.5 Å². The zero-order valence-electron chi connectivity index (χ0n) is 19.4. The number of hydrogen-bond donors (Lipinski definition) is 1. The Bertz CT molecular complexity index is 1210. The smallest absolute Gasteiger partial charge is 0.242 e. The number of aryl methyl sites for hydroxylation is 2. The van der Waals surface area contributed by atoms with Crippen LogP contribution in [0.15, 0.2) is 77.8 Å². The second-order valence-electron chi connectivity index (χ2n) is 8.18. The molecular formula is C27H27N3O3S. The lowest BCUT2D eigenvalue weighted by Gasteiger charge is -2.17. The molecule has 0 radical (unpaired) electrons. The predicted octanol–water partition coefficient (Wildman–Crippen LogP) is 5.47. The quantitative estimate of drug-likeness (QED) is 0.494. The number of amidine groups is 1.